The van der Waals surface area contributed by atoms with Crippen LogP contribution in [0.25, 0.3) is 0 Å². The van der Waals surface area contributed by atoms with Gasteiger partial charge in [0.25, 0.3) is 0 Å². The predicted molar refractivity (Wildman–Crippen MR) is 91.4 cm³/mol. The molecule has 0 radical (unpaired) electrons. The number of likely N-dealkylation sites (N-methyl/N-ethyl adjacent to an activating group) is 1. The molecule has 2 aliphatic heterocycles. The first-order chi connectivity index (χ1) is 10.7. The summed E-state index contributed by atoms with van der Waals surface area (Å²) in [4.78, 5) is 16.0. The minimum Gasteiger partial charge on any atom is -0.393 e. The Bertz CT molecular complexity index is 497. The fourth-order valence-corrected chi connectivity index (χ4v) is 3.54. The molecule has 3 rings (SSSR count). The van der Waals surface area contributed by atoms with Crippen molar-refractivity contribution in [3.8, 4) is 0 Å². The normalized spacial score (nSPS) is 23.8. The van der Waals surface area contributed by atoms with Crippen molar-refractivity contribution < 1.29 is 0 Å². The van der Waals surface area contributed by atoms with Crippen molar-refractivity contribution in [2.45, 2.75) is 26.7 Å². The average Bonchev–Trinajstić information content (AvgIpc) is 2.55. The van der Waals surface area contributed by atoms with Crippen LogP contribution in [0.1, 0.15) is 26.7 Å². The van der Waals surface area contributed by atoms with Crippen molar-refractivity contribution in [1.82, 2.24) is 14.9 Å². The summed E-state index contributed by atoms with van der Waals surface area (Å²) in [7, 11) is 0. The summed E-state index contributed by atoms with van der Waals surface area (Å²) in [6.45, 7) is 11.9. The molecule has 3 heterocycles. The number of aromatic nitrogens is 2. The lowest BCUT2D eigenvalue weighted by atomic mass is 10.0. The van der Waals surface area contributed by atoms with E-state index in [9.17, 15) is 0 Å². The van der Waals surface area contributed by atoms with Crippen molar-refractivity contribution in [2.75, 3.05) is 61.3 Å². The SMILES string of the molecule is CCN1CCN(c2ncnc(N3CCCC(C)C3)c2N)CC1. The fraction of sp³-hybridized carbons (Fsp3) is 0.750. The van der Waals surface area contributed by atoms with Gasteiger partial charge < -0.3 is 20.4 Å². The van der Waals surface area contributed by atoms with Crippen LogP contribution >= 0.6 is 0 Å². The number of nitrogens with zero attached hydrogens (tertiary/aromatic N) is 5. The van der Waals surface area contributed by atoms with Gasteiger partial charge in [-0.3, -0.25) is 0 Å². The maximum absolute atomic E-state index is 6.44. The van der Waals surface area contributed by atoms with Gasteiger partial charge >= 0.3 is 0 Å². The van der Waals surface area contributed by atoms with Crippen LogP contribution < -0.4 is 15.5 Å². The lowest BCUT2D eigenvalue weighted by Crippen LogP contribution is -2.46. The highest BCUT2D eigenvalue weighted by Gasteiger charge is 2.24. The summed E-state index contributed by atoms with van der Waals surface area (Å²) in [6, 6.07) is 0. The minimum absolute atomic E-state index is 0.708. The van der Waals surface area contributed by atoms with E-state index in [0.29, 0.717) is 5.92 Å². The van der Waals surface area contributed by atoms with Crippen LogP contribution in [0.5, 0.6) is 0 Å². The topological polar surface area (TPSA) is 61.5 Å². The van der Waals surface area contributed by atoms with E-state index in [-0.39, 0.29) is 0 Å². The van der Waals surface area contributed by atoms with Gasteiger partial charge in [0.1, 0.15) is 12.0 Å². The third kappa shape index (κ3) is 3.11. The van der Waals surface area contributed by atoms with E-state index < -0.39 is 0 Å². The summed E-state index contributed by atoms with van der Waals surface area (Å²) < 4.78 is 0. The molecule has 0 saturated carbocycles. The Kier molecular flexibility index (Phi) is 4.66. The molecule has 0 amide bonds. The van der Waals surface area contributed by atoms with Gasteiger partial charge in [-0.1, -0.05) is 13.8 Å². The molecule has 0 bridgehead atoms. The Balaban J connectivity index is 1.77. The lowest BCUT2D eigenvalue weighted by Gasteiger charge is -2.36. The average molecular weight is 304 g/mol. The number of hydrogen-bond donors (Lipinski definition) is 1. The molecule has 0 aliphatic carbocycles. The third-order valence-electron chi connectivity index (χ3n) is 4.92. The molecule has 1 unspecified atom stereocenters. The van der Waals surface area contributed by atoms with Crippen molar-refractivity contribution >= 4 is 17.3 Å². The van der Waals surface area contributed by atoms with Crippen LogP contribution in [-0.2, 0) is 0 Å². The van der Waals surface area contributed by atoms with E-state index in [0.717, 1.165) is 63.1 Å². The molecule has 6 nitrogen and oxygen atoms in total. The first-order valence-electron chi connectivity index (χ1n) is 8.51. The van der Waals surface area contributed by atoms with E-state index in [1.54, 1.807) is 6.33 Å². The van der Waals surface area contributed by atoms with Gasteiger partial charge in [0, 0.05) is 39.3 Å². The number of piperidine rings is 1. The summed E-state index contributed by atoms with van der Waals surface area (Å²) >= 11 is 0. The largest absolute Gasteiger partial charge is 0.393 e. The van der Waals surface area contributed by atoms with E-state index >= 15 is 0 Å². The summed E-state index contributed by atoms with van der Waals surface area (Å²) in [5.41, 5.74) is 7.19. The highest BCUT2D eigenvalue weighted by Crippen LogP contribution is 2.31. The zero-order valence-corrected chi connectivity index (χ0v) is 13.8. The van der Waals surface area contributed by atoms with E-state index in [1.165, 1.54) is 12.8 Å². The van der Waals surface area contributed by atoms with Gasteiger partial charge in [0.05, 0.1) is 0 Å². The van der Waals surface area contributed by atoms with Crippen LogP contribution in [0.15, 0.2) is 6.33 Å². The van der Waals surface area contributed by atoms with E-state index in [1.807, 2.05) is 0 Å². The molecule has 2 N–H and O–H groups in total. The number of nitrogens with two attached hydrogens (primary N) is 1. The molecular weight excluding hydrogens is 276 g/mol. The van der Waals surface area contributed by atoms with Gasteiger partial charge in [-0.15, -0.1) is 0 Å². The molecule has 1 aromatic heterocycles. The van der Waals surface area contributed by atoms with Crippen LogP contribution in [0.3, 0.4) is 0 Å². The van der Waals surface area contributed by atoms with Crippen LogP contribution in [0.2, 0.25) is 0 Å². The second-order valence-corrected chi connectivity index (χ2v) is 6.55. The van der Waals surface area contributed by atoms with E-state index in [4.69, 9.17) is 5.73 Å². The third-order valence-corrected chi connectivity index (χ3v) is 4.92. The second kappa shape index (κ2) is 6.69. The Hall–Kier alpha value is -1.56. The Morgan fingerprint density at radius 1 is 1.09 bits per heavy atom. The highest BCUT2D eigenvalue weighted by molar-refractivity contribution is 5.75. The van der Waals surface area contributed by atoms with Gasteiger partial charge in [-0.05, 0) is 25.3 Å². The highest BCUT2D eigenvalue weighted by atomic mass is 15.3. The molecular formula is C16H28N6. The molecule has 2 fully saturated rings. The van der Waals surface area contributed by atoms with Crippen molar-refractivity contribution in [2.24, 2.45) is 5.92 Å². The second-order valence-electron chi connectivity index (χ2n) is 6.55. The van der Waals surface area contributed by atoms with Gasteiger partial charge in [0.15, 0.2) is 11.6 Å². The Morgan fingerprint density at radius 3 is 2.41 bits per heavy atom. The zero-order chi connectivity index (χ0) is 15.5. The first kappa shape index (κ1) is 15.3. The molecule has 2 saturated heterocycles. The monoisotopic (exact) mass is 304 g/mol. The number of piperazine rings is 1. The fourth-order valence-electron chi connectivity index (χ4n) is 3.54. The molecule has 1 aromatic rings. The maximum atomic E-state index is 6.44. The van der Waals surface area contributed by atoms with Gasteiger partial charge in [0.2, 0.25) is 0 Å². The predicted octanol–water partition coefficient (Wildman–Crippen LogP) is 1.44. The Labute approximate surface area is 133 Å². The molecule has 122 valence electrons. The van der Waals surface area contributed by atoms with Crippen LogP contribution in [-0.4, -0.2) is 60.7 Å². The molecule has 0 spiro atoms. The molecule has 6 heteroatoms. The lowest BCUT2D eigenvalue weighted by molar-refractivity contribution is 0.270. The number of nitrogen functional groups attached to an aromatic ring is 1. The summed E-state index contributed by atoms with van der Waals surface area (Å²) in [5.74, 6) is 2.55. The van der Waals surface area contributed by atoms with Crippen molar-refractivity contribution in [3.63, 3.8) is 0 Å². The molecule has 2 aliphatic rings. The number of anilines is 3. The Morgan fingerprint density at radius 2 is 1.77 bits per heavy atom. The molecule has 1 atom stereocenters. The van der Waals surface area contributed by atoms with Crippen molar-refractivity contribution in [1.29, 1.82) is 0 Å². The number of rotatable bonds is 3. The summed E-state index contributed by atoms with van der Waals surface area (Å²) in [6.07, 6.45) is 4.19. The quantitative estimate of drug-likeness (QED) is 0.912. The van der Waals surface area contributed by atoms with E-state index in [2.05, 4.69) is 38.5 Å². The smallest absolute Gasteiger partial charge is 0.157 e. The first-order valence-corrected chi connectivity index (χ1v) is 8.51. The molecule has 22 heavy (non-hydrogen) atoms. The van der Waals surface area contributed by atoms with Crippen LogP contribution in [0.4, 0.5) is 17.3 Å². The molecule has 0 aromatic carbocycles. The maximum Gasteiger partial charge on any atom is 0.157 e. The summed E-state index contributed by atoms with van der Waals surface area (Å²) in [5, 5.41) is 0. The zero-order valence-electron chi connectivity index (χ0n) is 13.8. The number of hydrogen-bond acceptors (Lipinski definition) is 6. The van der Waals surface area contributed by atoms with Gasteiger partial charge in [-0.25, -0.2) is 9.97 Å². The minimum atomic E-state index is 0.708. The van der Waals surface area contributed by atoms with Crippen molar-refractivity contribution in [3.05, 3.63) is 6.33 Å². The standard InChI is InChI=1S/C16H28N6/c1-3-20-7-9-21(10-8-20)15-14(17)16(19-12-18-15)22-6-4-5-13(2)11-22/h12-13H,3-11,17H2,1-2H3. The van der Waals surface area contributed by atoms with Crippen LogP contribution in [0, 0.1) is 5.92 Å². The van der Waals surface area contributed by atoms with Gasteiger partial charge in [-0.2, -0.15) is 0 Å².